The maximum Gasteiger partial charge on any atom is 0.308 e. The molecule has 1 aromatic rings. The van der Waals surface area contributed by atoms with Crippen molar-refractivity contribution in [3.63, 3.8) is 0 Å². The van der Waals surface area contributed by atoms with Crippen molar-refractivity contribution in [2.45, 2.75) is 43.9 Å². The number of fused-ring (bicyclic) bond motifs is 1. The predicted octanol–water partition coefficient (Wildman–Crippen LogP) is 1.59. The van der Waals surface area contributed by atoms with Gasteiger partial charge in [-0.2, -0.15) is 4.31 Å². The van der Waals surface area contributed by atoms with Gasteiger partial charge in [-0.15, -0.1) is 0 Å². The van der Waals surface area contributed by atoms with Crippen LogP contribution in [-0.2, 0) is 32.8 Å². The summed E-state index contributed by atoms with van der Waals surface area (Å²) in [6.07, 6.45) is 1.08. The molecule has 2 heterocycles. The number of carboxylic acid groups (broad SMARTS) is 1. The molecule has 6 nitrogen and oxygen atoms in total. The van der Waals surface area contributed by atoms with Crippen molar-refractivity contribution >= 4 is 16.0 Å². The Morgan fingerprint density at radius 1 is 1.32 bits per heavy atom. The average Bonchev–Trinajstić information content (AvgIpc) is 2.94. The SMILES string of the molecule is C[C@@H]1[C@H](C(=O)O)CCCN1S(=O)(=O)c1ccc2c(c1)COC2. The van der Waals surface area contributed by atoms with Crippen LogP contribution in [0.1, 0.15) is 30.9 Å². The first-order valence-corrected chi connectivity index (χ1v) is 8.79. The number of benzene rings is 1. The summed E-state index contributed by atoms with van der Waals surface area (Å²) in [6, 6.07) is 4.47. The molecule has 0 radical (unpaired) electrons. The van der Waals surface area contributed by atoms with Gasteiger partial charge in [0.15, 0.2) is 0 Å². The van der Waals surface area contributed by atoms with Crippen LogP contribution in [0.25, 0.3) is 0 Å². The zero-order valence-corrected chi connectivity index (χ0v) is 13.2. The second-order valence-electron chi connectivity index (χ2n) is 5.87. The maximum absolute atomic E-state index is 12.9. The highest BCUT2D eigenvalue weighted by molar-refractivity contribution is 7.89. The zero-order chi connectivity index (χ0) is 15.9. The van der Waals surface area contributed by atoms with Crippen molar-refractivity contribution in [2.24, 2.45) is 5.92 Å². The fourth-order valence-corrected chi connectivity index (χ4v) is 4.98. The summed E-state index contributed by atoms with van der Waals surface area (Å²) in [5.74, 6) is -1.59. The molecule has 1 aromatic carbocycles. The highest BCUT2D eigenvalue weighted by Crippen LogP contribution is 2.31. The first-order chi connectivity index (χ1) is 10.4. The van der Waals surface area contributed by atoms with E-state index in [-0.39, 0.29) is 4.90 Å². The highest BCUT2D eigenvalue weighted by atomic mass is 32.2. The number of ether oxygens (including phenoxy) is 1. The minimum atomic E-state index is -3.68. The molecular formula is C15H19NO5S. The Morgan fingerprint density at radius 2 is 2.05 bits per heavy atom. The van der Waals surface area contributed by atoms with E-state index in [0.717, 1.165) is 11.1 Å². The van der Waals surface area contributed by atoms with E-state index < -0.39 is 28.0 Å². The van der Waals surface area contributed by atoms with Crippen LogP contribution in [0.4, 0.5) is 0 Å². The van der Waals surface area contributed by atoms with Crippen LogP contribution >= 0.6 is 0 Å². The van der Waals surface area contributed by atoms with Gasteiger partial charge in [-0.05, 0) is 43.0 Å². The van der Waals surface area contributed by atoms with Crippen LogP contribution in [0.3, 0.4) is 0 Å². The van der Waals surface area contributed by atoms with Gasteiger partial charge in [-0.3, -0.25) is 4.79 Å². The Hall–Kier alpha value is -1.44. The third-order valence-electron chi connectivity index (χ3n) is 4.55. The number of nitrogens with zero attached hydrogens (tertiary/aromatic N) is 1. The van der Waals surface area contributed by atoms with Crippen molar-refractivity contribution in [2.75, 3.05) is 6.54 Å². The lowest BCUT2D eigenvalue weighted by atomic mass is 9.92. The molecule has 0 aromatic heterocycles. The minimum absolute atomic E-state index is 0.217. The molecule has 0 saturated carbocycles. The molecule has 1 saturated heterocycles. The molecule has 3 rings (SSSR count). The summed E-state index contributed by atoms with van der Waals surface area (Å²) in [5.41, 5.74) is 1.90. The molecule has 7 heteroatoms. The second-order valence-corrected chi connectivity index (χ2v) is 7.76. The van der Waals surface area contributed by atoms with Gasteiger partial charge in [0, 0.05) is 12.6 Å². The van der Waals surface area contributed by atoms with E-state index in [1.165, 1.54) is 4.31 Å². The van der Waals surface area contributed by atoms with Gasteiger partial charge >= 0.3 is 5.97 Å². The molecule has 1 fully saturated rings. The Balaban J connectivity index is 1.93. The predicted molar refractivity (Wildman–Crippen MR) is 78.6 cm³/mol. The standard InChI is InChI=1S/C15H19NO5S/c1-10-14(15(17)18)3-2-6-16(10)22(19,20)13-5-4-11-8-21-9-12(11)7-13/h4-5,7,10,14H,2-3,6,8-9H2,1H3,(H,17,18)/t10-,14-/m1/s1. The van der Waals surface area contributed by atoms with E-state index in [1.54, 1.807) is 25.1 Å². The fraction of sp³-hybridized carbons (Fsp3) is 0.533. The molecule has 1 N–H and O–H groups in total. The van der Waals surface area contributed by atoms with E-state index in [1.807, 2.05) is 0 Å². The molecular weight excluding hydrogens is 306 g/mol. The van der Waals surface area contributed by atoms with E-state index in [4.69, 9.17) is 4.74 Å². The Labute approximate surface area is 129 Å². The van der Waals surface area contributed by atoms with Gasteiger partial charge in [0.2, 0.25) is 10.0 Å². The second kappa shape index (κ2) is 5.64. The Kier molecular flexibility index (Phi) is 3.96. The Morgan fingerprint density at radius 3 is 2.77 bits per heavy atom. The zero-order valence-electron chi connectivity index (χ0n) is 12.4. The highest BCUT2D eigenvalue weighted by Gasteiger charge is 2.39. The van der Waals surface area contributed by atoms with E-state index in [9.17, 15) is 18.3 Å². The summed E-state index contributed by atoms with van der Waals surface area (Å²) in [6.45, 7) is 2.97. The summed E-state index contributed by atoms with van der Waals surface area (Å²) in [7, 11) is -3.68. The van der Waals surface area contributed by atoms with Gasteiger partial charge in [0.1, 0.15) is 0 Å². The molecule has 0 aliphatic carbocycles. The lowest BCUT2D eigenvalue weighted by Gasteiger charge is -2.36. The van der Waals surface area contributed by atoms with E-state index in [0.29, 0.717) is 32.6 Å². The number of hydrogen-bond acceptors (Lipinski definition) is 4. The molecule has 120 valence electrons. The molecule has 0 amide bonds. The van der Waals surface area contributed by atoms with Crippen molar-refractivity contribution in [1.82, 2.24) is 4.31 Å². The summed E-state index contributed by atoms with van der Waals surface area (Å²) in [5, 5.41) is 9.25. The summed E-state index contributed by atoms with van der Waals surface area (Å²) < 4.78 is 32.4. The fourth-order valence-electron chi connectivity index (χ4n) is 3.23. The van der Waals surface area contributed by atoms with Crippen molar-refractivity contribution in [3.05, 3.63) is 29.3 Å². The summed E-state index contributed by atoms with van der Waals surface area (Å²) in [4.78, 5) is 11.5. The van der Waals surface area contributed by atoms with Crippen molar-refractivity contribution in [1.29, 1.82) is 0 Å². The smallest absolute Gasteiger partial charge is 0.308 e. The van der Waals surface area contributed by atoms with Crippen molar-refractivity contribution in [3.8, 4) is 0 Å². The number of carboxylic acids is 1. The molecule has 2 atom stereocenters. The Bertz CT molecular complexity index is 700. The van der Waals surface area contributed by atoms with E-state index >= 15 is 0 Å². The maximum atomic E-state index is 12.9. The molecule has 2 aliphatic rings. The van der Waals surface area contributed by atoms with Gasteiger partial charge in [0.25, 0.3) is 0 Å². The lowest BCUT2D eigenvalue weighted by Crippen LogP contribution is -2.48. The number of hydrogen-bond donors (Lipinski definition) is 1. The van der Waals surface area contributed by atoms with Gasteiger partial charge < -0.3 is 9.84 Å². The number of piperidine rings is 1. The van der Waals surface area contributed by atoms with Gasteiger partial charge in [-0.25, -0.2) is 8.42 Å². The number of carbonyl (C=O) groups is 1. The molecule has 0 spiro atoms. The van der Waals surface area contributed by atoms with Gasteiger partial charge in [0.05, 0.1) is 24.0 Å². The summed E-state index contributed by atoms with van der Waals surface area (Å²) >= 11 is 0. The topological polar surface area (TPSA) is 83.9 Å². The number of aliphatic carboxylic acids is 1. The average molecular weight is 325 g/mol. The third-order valence-corrected chi connectivity index (χ3v) is 6.53. The molecule has 2 aliphatic heterocycles. The molecule has 22 heavy (non-hydrogen) atoms. The number of sulfonamides is 1. The van der Waals surface area contributed by atoms with Crippen LogP contribution in [0.15, 0.2) is 23.1 Å². The largest absolute Gasteiger partial charge is 0.481 e. The molecule has 0 unspecified atom stereocenters. The third kappa shape index (κ3) is 2.53. The lowest BCUT2D eigenvalue weighted by molar-refractivity contribution is -0.144. The van der Waals surface area contributed by atoms with Crippen LogP contribution < -0.4 is 0 Å². The quantitative estimate of drug-likeness (QED) is 0.912. The minimum Gasteiger partial charge on any atom is -0.481 e. The van der Waals surface area contributed by atoms with Crippen molar-refractivity contribution < 1.29 is 23.1 Å². The van der Waals surface area contributed by atoms with Crippen LogP contribution in [0.5, 0.6) is 0 Å². The normalized spacial score (nSPS) is 25.9. The van der Waals surface area contributed by atoms with Gasteiger partial charge in [-0.1, -0.05) is 6.07 Å². The molecule has 0 bridgehead atoms. The first kappa shape index (κ1) is 15.5. The van der Waals surface area contributed by atoms with Crippen LogP contribution in [-0.4, -0.2) is 36.4 Å². The van der Waals surface area contributed by atoms with Crippen LogP contribution in [0, 0.1) is 5.92 Å². The van der Waals surface area contributed by atoms with Crippen LogP contribution in [0.2, 0.25) is 0 Å². The number of rotatable bonds is 3. The van der Waals surface area contributed by atoms with E-state index in [2.05, 4.69) is 0 Å². The monoisotopic (exact) mass is 325 g/mol. The first-order valence-electron chi connectivity index (χ1n) is 7.35.